The van der Waals surface area contributed by atoms with Gasteiger partial charge in [-0.15, -0.1) is 0 Å². The molecule has 1 aromatic heterocycles. The zero-order valence-corrected chi connectivity index (χ0v) is 13.0. The molecule has 0 bridgehead atoms. The highest BCUT2D eigenvalue weighted by Gasteiger charge is 2.39. The van der Waals surface area contributed by atoms with Gasteiger partial charge in [0.2, 0.25) is 5.95 Å². The molecule has 21 heavy (non-hydrogen) atoms. The first-order valence-corrected chi connectivity index (χ1v) is 7.41. The summed E-state index contributed by atoms with van der Waals surface area (Å²) in [5.74, 6) is 0.683. The molecule has 6 heteroatoms. The molecule has 1 saturated carbocycles. The van der Waals surface area contributed by atoms with Gasteiger partial charge in [0.05, 0.1) is 12.0 Å². The molecule has 2 rings (SSSR count). The molecule has 116 valence electrons. The predicted molar refractivity (Wildman–Crippen MR) is 82.8 cm³/mol. The molecule has 0 saturated heterocycles. The summed E-state index contributed by atoms with van der Waals surface area (Å²) in [7, 11) is 5.75. The molecule has 1 aromatic rings. The zero-order valence-electron chi connectivity index (χ0n) is 13.0. The number of nitrogens with zero attached hydrogens (tertiary/aromatic N) is 4. The minimum absolute atomic E-state index is 0.158. The average molecular weight is 292 g/mol. The van der Waals surface area contributed by atoms with Crippen LogP contribution < -0.4 is 9.80 Å². The van der Waals surface area contributed by atoms with Crippen molar-refractivity contribution in [1.82, 2.24) is 9.97 Å². The van der Waals surface area contributed by atoms with Gasteiger partial charge in [-0.25, -0.2) is 4.98 Å². The summed E-state index contributed by atoms with van der Waals surface area (Å²) in [6, 6.07) is 1.85. The number of aromatic nitrogens is 2. The van der Waals surface area contributed by atoms with Crippen LogP contribution in [0.15, 0.2) is 12.3 Å². The number of hydrogen-bond acceptors (Lipinski definition) is 5. The molecule has 0 radical (unpaired) electrons. The molecular formula is C15H24N4O2. The van der Waals surface area contributed by atoms with E-state index < -0.39 is 5.97 Å². The molecule has 0 unspecified atom stereocenters. The van der Waals surface area contributed by atoms with Gasteiger partial charge in [0.1, 0.15) is 5.82 Å². The summed E-state index contributed by atoms with van der Waals surface area (Å²) in [5.41, 5.74) is -0.331. The predicted octanol–water partition coefficient (Wildman–Crippen LogP) is 2.16. The first kappa shape index (κ1) is 15.5. The van der Waals surface area contributed by atoms with E-state index in [2.05, 4.69) is 14.9 Å². The fourth-order valence-corrected chi connectivity index (χ4v) is 3.11. The van der Waals surface area contributed by atoms with Gasteiger partial charge in [-0.05, 0) is 18.9 Å². The molecule has 0 atom stereocenters. The summed E-state index contributed by atoms with van der Waals surface area (Å²) < 4.78 is 0. The van der Waals surface area contributed by atoms with Crippen molar-refractivity contribution in [2.24, 2.45) is 0 Å². The van der Waals surface area contributed by atoms with Gasteiger partial charge in [-0.2, -0.15) is 4.98 Å². The third-order valence-corrected chi connectivity index (χ3v) is 4.35. The lowest BCUT2D eigenvalue weighted by Crippen LogP contribution is -2.50. The van der Waals surface area contributed by atoms with Crippen molar-refractivity contribution in [1.29, 1.82) is 0 Å². The van der Waals surface area contributed by atoms with E-state index in [4.69, 9.17) is 0 Å². The second-order valence-corrected chi connectivity index (χ2v) is 6.02. The van der Waals surface area contributed by atoms with E-state index in [1.807, 2.05) is 32.1 Å². The van der Waals surface area contributed by atoms with Crippen molar-refractivity contribution < 1.29 is 9.90 Å². The fraction of sp³-hybridized carbons (Fsp3) is 0.667. The number of carboxylic acids is 1. The SMILES string of the molecule is CN(C)c1nccc(N(C)C2(CC(=O)O)CCCCC2)n1. The van der Waals surface area contributed by atoms with Crippen LogP contribution in [0.3, 0.4) is 0 Å². The van der Waals surface area contributed by atoms with Crippen LogP contribution in [-0.4, -0.2) is 47.7 Å². The highest BCUT2D eigenvalue weighted by Crippen LogP contribution is 2.38. The normalized spacial score (nSPS) is 17.3. The Labute approximate surface area is 125 Å². The Morgan fingerprint density at radius 1 is 1.29 bits per heavy atom. The van der Waals surface area contributed by atoms with E-state index in [1.165, 1.54) is 6.42 Å². The molecule has 6 nitrogen and oxygen atoms in total. The number of carbonyl (C=O) groups is 1. The third kappa shape index (κ3) is 3.43. The molecule has 0 aromatic carbocycles. The van der Waals surface area contributed by atoms with Gasteiger partial charge < -0.3 is 14.9 Å². The quantitative estimate of drug-likeness (QED) is 0.897. The smallest absolute Gasteiger partial charge is 0.305 e. The Hall–Kier alpha value is -1.85. The maximum atomic E-state index is 11.3. The van der Waals surface area contributed by atoms with E-state index in [0.29, 0.717) is 5.95 Å². The first-order chi connectivity index (χ1) is 9.94. The van der Waals surface area contributed by atoms with Gasteiger partial charge in [0.15, 0.2) is 0 Å². The van der Waals surface area contributed by atoms with Crippen molar-refractivity contribution in [3.05, 3.63) is 12.3 Å². The lowest BCUT2D eigenvalue weighted by atomic mass is 9.78. The summed E-state index contributed by atoms with van der Waals surface area (Å²) in [6.45, 7) is 0. The molecule has 0 aliphatic heterocycles. The van der Waals surface area contributed by atoms with Crippen molar-refractivity contribution in [2.45, 2.75) is 44.1 Å². The van der Waals surface area contributed by atoms with Gasteiger partial charge in [-0.1, -0.05) is 19.3 Å². The van der Waals surface area contributed by atoms with E-state index >= 15 is 0 Å². The van der Waals surface area contributed by atoms with Crippen LogP contribution in [-0.2, 0) is 4.79 Å². The lowest BCUT2D eigenvalue weighted by Gasteiger charge is -2.44. The summed E-state index contributed by atoms with van der Waals surface area (Å²) in [4.78, 5) is 24.0. The van der Waals surface area contributed by atoms with E-state index in [9.17, 15) is 9.90 Å². The monoisotopic (exact) mass is 292 g/mol. The maximum Gasteiger partial charge on any atom is 0.305 e. The topological polar surface area (TPSA) is 69.6 Å². The number of aliphatic carboxylic acids is 1. The minimum Gasteiger partial charge on any atom is -0.481 e. The highest BCUT2D eigenvalue weighted by atomic mass is 16.4. The van der Waals surface area contributed by atoms with Crippen molar-refractivity contribution in [3.8, 4) is 0 Å². The Bertz CT molecular complexity index is 498. The Morgan fingerprint density at radius 2 is 1.95 bits per heavy atom. The average Bonchev–Trinajstić information content (AvgIpc) is 2.47. The van der Waals surface area contributed by atoms with Crippen molar-refractivity contribution in [3.63, 3.8) is 0 Å². The molecule has 0 amide bonds. The molecular weight excluding hydrogens is 268 g/mol. The summed E-state index contributed by atoms with van der Waals surface area (Å²) in [6.07, 6.45) is 7.01. The van der Waals surface area contributed by atoms with Crippen molar-refractivity contribution >= 4 is 17.7 Å². The van der Waals surface area contributed by atoms with Crippen LogP contribution >= 0.6 is 0 Å². The Balaban J connectivity index is 2.31. The van der Waals surface area contributed by atoms with E-state index in [-0.39, 0.29) is 12.0 Å². The molecule has 1 aliphatic rings. The maximum absolute atomic E-state index is 11.3. The van der Waals surface area contributed by atoms with Crippen LogP contribution in [0.5, 0.6) is 0 Å². The zero-order chi connectivity index (χ0) is 15.5. The minimum atomic E-state index is -0.745. The van der Waals surface area contributed by atoms with Crippen LogP contribution in [0, 0.1) is 0 Å². The Kier molecular flexibility index (Phi) is 4.65. The van der Waals surface area contributed by atoms with Gasteiger partial charge in [0.25, 0.3) is 0 Å². The van der Waals surface area contributed by atoms with Crippen molar-refractivity contribution in [2.75, 3.05) is 30.9 Å². The lowest BCUT2D eigenvalue weighted by molar-refractivity contribution is -0.138. The van der Waals surface area contributed by atoms with Gasteiger partial charge >= 0.3 is 5.97 Å². The van der Waals surface area contributed by atoms with Gasteiger partial charge in [-0.3, -0.25) is 4.79 Å². The first-order valence-electron chi connectivity index (χ1n) is 7.41. The molecule has 1 aliphatic carbocycles. The highest BCUT2D eigenvalue weighted by molar-refractivity contribution is 5.69. The van der Waals surface area contributed by atoms with Crippen LogP contribution in [0.25, 0.3) is 0 Å². The summed E-state index contributed by atoms with van der Waals surface area (Å²) >= 11 is 0. The molecule has 0 spiro atoms. The Morgan fingerprint density at radius 3 is 2.52 bits per heavy atom. The molecule has 1 N–H and O–H groups in total. The van der Waals surface area contributed by atoms with Crippen LogP contribution in [0.4, 0.5) is 11.8 Å². The van der Waals surface area contributed by atoms with Crippen LogP contribution in [0.1, 0.15) is 38.5 Å². The number of hydrogen-bond donors (Lipinski definition) is 1. The van der Waals surface area contributed by atoms with E-state index in [0.717, 1.165) is 31.5 Å². The standard InChI is InChI=1S/C15H24N4O2/c1-18(2)14-16-10-7-12(17-14)19(3)15(11-13(20)21)8-5-4-6-9-15/h7,10H,4-6,8-9,11H2,1-3H3,(H,20,21). The molecule has 1 fully saturated rings. The number of anilines is 2. The molecule has 1 heterocycles. The van der Waals surface area contributed by atoms with Gasteiger partial charge in [0, 0.05) is 27.3 Å². The number of rotatable bonds is 5. The van der Waals surface area contributed by atoms with E-state index in [1.54, 1.807) is 6.20 Å². The van der Waals surface area contributed by atoms with Crippen LogP contribution in [0.2, 0.25) is 0 Å². The number of carboxylic acid groups (broad SMARTS) is 1. The summed E-state index contributed by atoms with van der Waals surface area (Å²) in [5, 5.41) is 9.30. The third-order valence-electron chi connectivity index (χ3n) is 4.35. The fourth-order valence-electron chi connectivity index (χ4n) is 3.11. The second-order valence-electron chi connectivity index (χ2n) is 6.02. The second kappa shape index (κ2) is 6.28. The largest absolute Gasteiger partial charge is 0.481 e.